The van der Waals surface area contributed by atoms with E-state index in [0.717, 1.165) is 16.8 Å². The summed E-state index contributed by atoms with van der Waals surface area (Å²) in [6.07, 6.45) is 1.69. The van der Waals surface area contributed by atoms with Gasteiger partial charge in [-0.1, -0.05) is 27.7 Å². The summed E-state index contributed by atoms with van der Waals surface area (Å²) < 4.78 is 6.46. The molecule has 3 N–H and O–H groups in total. The van der Waals surface area contributed by atoms with Gasteiger partial charge >= 0.3 is 0 Å². The molecule has 0 radical (unpaired) electrons. The third-order valence-corrected chi connectivity index (χ3v) is 4.16. The number of hydrogen-bond acceptors (Lipinski definition) is 3. The molecule has 104 valence electrons. The quantitative estimate of drug-likeness (QED) is 0.808. The molecule has 1 rings (SSSR count). The number of furan rings is 1. The van der Waals surface area contributed by atoms with Crippen LogP contribution >= 0.6 is 15.9 Å². The molecule has 0 bridgehead atoms. The lowest BCUT2D eigenvalue weighted by molar-refractivity contribution is 0.260. The molecule has 18 heavy (non-hydrogen) atoms. The zero-order valence-corrected chi connectivity index (χ0v) is 13.3. The SMILES string of the molecule is CC(C)C(CNC(CN)c1occc1Br)C(C)C. The number of nitrogens with two attached hydrogens (primary N) is 1. The first kappa shape index (κ1) is 15.7. The summed E-state index contributed by atoms with van der Waals surface area (Å²) >= 11 is 3.48. The van der Waals surface area contributed by atoms with Crippen LogP contribution in [0, 0.1) is 17.8 Å². The molecule has 0 amide bonds. The van der Waals surface area contributed by atoms with Crippen molar-refractivity contribution in [1.29, 1.82) is 0 Å². The van der Waals surface area contributed by atoms with Gasteiger partial charge in [-0.05, 0) is 46.3 Å². The molecule has 1 unspecified atom stereocenters. The molecule has 1 atom stereocenters. The lowest BCUT2D eigenvalue weighted by Crippen LogP contribution is -2.35. The average molecular weight is 317 g/mol. The van der Waals surface area contributed by atoms with Crippen LogP contribution in [0.2, 0.25) is 0 Å². The van der Waals surface area contributed by atoms with Crippen LogP contribution < -0.4 is 11.1 Å². The zero-order valence-electron chi connectivity index (χ0n) is 11.7. The summed E-state index contributed by atoms with van der Waals surface area (Å²) in [7, 11) is 0. The maximum atomic E-state index is 5.83. The molecule has 0 aliphatic heterocycles. The lowest BCUT2D eigenvalue weighted by atomic mass is 9.85. The maximum absolute atomic E-state index is 5.83. The van der Waals surface area contributed by atoms with Gasteiger partial charge in [-0.15, -0.1) is 0 Å². The molecule has 0 aliphatic rings. The number of halogens is 1. The molecule has 0 spiro atoms. The molecule has 0 aliphatic carbocycles. The molecular formula is C14H25BrN2O. The van der Waals surface area contributed by atoms with Crippen LogP contribution in [0.4, 0.5) is 0 Å². The molecule has 0 saturated carbocycles. The van der Waals surface area contributed by atoms with Crippen LogP contribution in [0.5, 0.6) is 0 Å². The second kappa shape index (κ2) is 7.31. The van der Waals surface area contributed by atoms with Gasteiger partial charge in [0.05, 0.1) is 16.8 Å². The van der Waals surface area contributed by atoms with E-state index in [2.05, 4.69) is 48.9 Å². The summed E-state index contributed by atoms with van der Waals surface area (Å²) in [5.74, 6) is 2.86. The molecular weight excluding hydrogens is 292 g/mol. The fraction of sp³-hybridized carbons (Fsp3) is 0.714. The van der Waals surface area contributed by atoms with Crippen molar-refractivity contribution in [2.45, 2.75) is 33.7 Å². The highest BCUT2D eigenvalue weighted by atomic mass is 79.9. The minimum Gasteiger partial charge on any atom is -0.466 e. The Balaban J connectivity index is 2.62. The van der Waals surface area contributed by atoms with Crippen LogP contribution in [0.3, 0.4) is 0 Å². The largest absolute Gasteiger partial charge is 0.466 e. The van der Waals surface area contributed by atoms with Gasteiger partial charge in [0.2, 0.25) is 0 Å². The zero-order chi connectivity index (χ0) is 13.7. The van der Waals surface area contributed by atoms with E-state index in [-0.39, 0.29) is 6.04 Å². The minimum absolute atomic E-state index is 0.0781. The van der Waals surface area contributed by atoms with E-state index >= 15 is 0 Å². The van der Waals surface area contributed by atoms with Gasteiger partial charge in [-0.3, -0.25) is 0 Å². The van der Waals surface area contributed by atoms with Crippen molar-refractivity contribution in [3.63, 3.8) is 0 Å². The molecule has 0 saturated heterocycles. The number of rotatable bonds is 7. The van der Waals surface area contributed by atoms with Gasteiger partial charge < -0.3 is 15.5 Å². The van der Waals surface area contributed by atoms with Crippen LogP contribution in [-0.4, -0.2) is 13.1 Å². The predicted octanol–water partition coefficient (Wildman–Crippen LogP) is 3.56. The first-order valence-electron chi connectivity index (χ1n) is 6.63. The Hall–Kier alpha value is -0.320. The van der Waals surface area contributed by atoms with Gasteiger partial charge in [0.15, 0.2) is 0 Å². The first-order chi connectivity index (χ1) is 8.47. The van der Waals surface area contributed by atoms with Gasteiger partial charge in [-0.25, -0.2) is 0 Å². The minimum atomic E-state index is 0.0781. The Kier molecular flexibility index (Phi) is 6.39. The van der Waals surface area contributed by atoms with E-state index in [0.29, 0.717) is 24.3 Å². The first-order valence-corrected chi connectivity index (χ1v) is 7.43. The third-order valence-electron chi connectivity index (χ3n) is 3.51. The van der Waals surface area contributed by atoms with Crippen molar-refractivity contribution < 1.29 is 4.42 Å². The highest BCUT2D eigenvalue weighted by molar-refractivity contribution is 9.10. The Morgan fingerprint density at radius 1 is 1.28 bits per heavy atom. The van der Waals surface area contributed by atoms with Gasteiger partial charge in [0, 0.05) is 6.54 Å². The molecule has 1 aromatic heterocycles. The molecule has 1 aromatic rings. The smallest absolute Gasteiger partial charge is 0.136 e. The van der Waals surface area contributed by atoms with Crippen molar-refractivity contribution in [2.75, 3.05) is 13.1 Å². The van der Waals surface area contributed by atoms with Crippen molar-refractivity contribution in [1.82, 2.24) is 5.32 Å². The Bertz CT molecular complexity index is 341. The van der Waals surface area contributed by atoms with Crippen LogP contribution in [0.1, 0.15) is 39.5 Å². The lowest BCUT2D eigenvalue weighted by Gasteiger charge is -2.27. The van der Waals surface area contributed by atoms with Gasteiger partial charge in [0.1, 0.15) is 5.76 Å². The molecule has 4 heteroatoms. The Morgan fingerprint density at radius 2 is 1.89 bits per heavy atom. The second-order valence-corrected chi connectivity index (χ2v) is 6.34. The van der Waals surface area contributed by atoms with Crippen LogP contribution in [0.25, 0.3) is 0 Å². The second-order valence-electron chi connectivity index (χ2n) is 5.48. The van der Waals surface area contributed by atoms with E-state index in [1.165, 1.54) is 0 Å². The topological polar surface area (TPSA) is 51.2 Å². The average Bonchev–Trinajstić information content (AvgIpc) is 2.70. The summed E-state index contributed by atoms with van der Waals surface area (Å²) in [5.41, 5.74) is 5.83. The van der Waals surface area contributed by atoms with E-state index < -0.39 is 0 Å². The monoisotopic (exact) mass is 316 g/mol. The standard InChI is InChI=1S/C14H25BrN2O/c1-9(2)11(10(3)4)8-17-13(7-16)14-12(15)5-6-18-14/h5-6,9-11,13,17H,7-8,16H2,1-4H3. The highest BCUT2D eigenvalue weighted by Crippen LogP contribution is 2.25. The van der Waals surface area contributed by atoms with Crippen LogP contribution in [-0.2, 0) is 0 Å². The summed E-state index contributed by atoms with van der Waals surface area (Å²) in [4.78, 5) is 0. The van der Waals surface area contributed by atoms with Gasteiger partial charge in [-0.2, -0.15) is 0 Å². The molecule has 0 aromatic carbocycles. The van der Waals surface area contributed by atoms with E-state index in [9.17, 15) is 0 Å². The maximum Gasteiger partial charge on any atom is 0.136 e. The Morgan fingerprint density at radius 3 is 2.28 bits per heavy atom. The van der Waals surface area contributed by atoms with E-state index in [4.69, 9.17) is 10.2 Å². The van der Waals surface area contributed by atoms with Crippen molar-refractivity contribution >= 4 is 15.9 Å². The number of nitrogens with one attached hydrogen (secondary N) is 1. The fourth-order valence-electron chi connectivity index (χ4n) is 2.36. The molecule has 0 fully saturated rings. The van der Waals surface area contributed by atoms with Crippen molar-refractivity contribution in [2.24, 2.45) is 23.5 Å². The van der Waals surface area contributed by atoms with Crippen molar-refractivity contribution in [3.05, 3.63) is 22.6 Å². The van der Waals surface area contributed by atoms with E-state index in [1.807, 2.05) is 6.07 Å². The summed E-state index contributed by atoms with van der Waals surface area (Å²) in [5, 5.41) is 3.53. The van der Waals surface area contributed by atoms with E-state index in [1.54, 1.807) is 6.26 Å². The number of hydrogen-bond donors (Lipinski definition) is 2. The summed E-state index contributed by atoms with van der Waals surface area (Å²) in [6, 6.07) is 1.98. The molecule has 3 nitrogen and oxygen atoms in total. The third kappa shape index (κ3) is 4.11. The van der Waals surface area contributed by atoms with Crippen LogP contribution in [0.15, 0.2) is 21.2 Å². The predicted molar refractivity (Wildman–Crippen MR) is 79.4 cm³/mol. The van der Waals surface area contributed by atoms with Gasteiger partial charge in [0.25, 0.3) is 0 Å². The summed E-state index contributed by atoms with van der Waals surface area (Å²) in [6.45, 7) is 10.6. The normalized spacial score (nSPS) is 13.8. The Labute approximate surface area is 119 Å². The molecule has 1 heterocycles. The van der Waals surface area contributed by atoms with Crippen molar-refractivity contribution in [3.8, 4) is 0 Å². The highest BCUT2D eigenvalue weighted by Gasteiger charge is 2.21. The fourth-order valence-corrected chi connectivity index (χ4v) is 2.83.